The van der Waals surface area contributed by atoms with Gasteiger partial charge in [0.25, 0.3) is 14.2 Å². The van der Waals surface area contributed by atoms with E-state index < -0.39 is 22.9 Å². The molecule has 2 aromatic heterocycles. The summed E-state index contributed by atoms with van der Waals surface area (Å²) in [5.74, 6) is 0.788. The van der Waals surface area contributed by atoms with Crippen molar-refractivity contribution in [3.63, 3.8) is 0 Å². The summed E-state index contributed by atoms with van der Waals surface area (Å²) in [5, 5.41) is 6.07. The molecule has 3 heterocycles. The molecule has 2 N–H and O–H groups in total. The van der Waals surface area contributed by atoms with E-state index >= 15 is 0 Å². The molecule has 0 fully saturated rings. The summed E-state index contributed by atoms with van der Waals surface area (Å²) in [7, 11) is -4.36. The number of H-pyrrole nitrogens is 1. The molecule has 214 valence electrons. The Morgan fingerprint density at radius 2 is 1.60 bits per heavy atom. The third-order valence-corrected chi connectivity index (χ3v) is 20.0. The highest BCUT2D eigenvalue weighted by Gasteiger charge is 2.47. The summed E-state index contributed by atoms with van der Waals surface area (Å²) >= 11 is 0. The molecule has 1 unspecified atom stereocenters. The zero-order valence-corrected chi connectivity index (χ0v) is 27.9. The summed E-state index contributed by atoms with van der Waals surface area (Å²) < 4.78 is 14.0. The molecule has 0 bridgehead atoms. The normalized spacial score (nSPS) is 16.6. The zero-order chi connectivity index (χ0) is 29.4. The van der Waals surface area contributed by atoms with E-state index in [1.54, 1.807) is 6.20 Å². The van der Waals surface area contributed by atoms with Gasteiger partial charge in [0.1, 0.15) is 12.0 Å². The van der Waals surface area contributed by atoms with Crippen molar-refractivity contribution in [1.29, 1.82) is 0 Å². The summed E-state index contributed by atoms with van der Waals surface area (Å²) in [5.41, 5.74) is 5.71. The largest absolute Gasteiger partial charge is 0.543 e. The highest BCUT2D eigenvalue weighted by atomic mass is 28.4. The average molecular weight is 576 g/mol. The zero-order valence-electron chi connectivity index (χ0n) is 25.9. The Morgan fingerprint density at radius 1 is 0.950 bits per heavy atom. The smallest absolute Gasteiger partial charge is 0.258 e. The van der Waals surface area contributed by atoms with Crippen LogP contribution < -0.4 is 9.74 Å². The van der Waals surface area contributed by atoms with Crippen LogP contribution in [0.1, 0.15) is 84.5 Å². The first-order chi connectivity index (χ1) is 18.6. The van der Waals surface area contributed by atoms with Crippen molar-refractivity contribution in [3.8, 4) is 5.75 Å². The van der Waals surface area contributed by atoms with E-state index in [0.717, 1.165) is 44.0 Å². The number of hydrogen-bond donors (Lipinski definition) is 2. The van der Waals surface area contributed by atoms with E-state index in [0.29, 0.717) is 22.2 Å². The standard InChI is InChI=1S/C32H45N3O3Si2/c1-18(2)40(19(3)4,20(5)6)37-21-14-15-24-23(17-21)25-27-26(22-13-12-16-33-28(22)29(25)34-24)30(36)35-31(27)38-39(10,11)32(7,8)9/h12-20,31,34H,1-11H3,(H,35,36). The molecular formula is C32H45N3O3Si2. The third-order valence-electron chi connectivity index (χ3n) is 9.59. The van der Waals surface area contributed by atoms with Gasteiger partial charge in [-0.15, -0.1) is 0 Å². The monoisotopic (exact) mass is 575 g/mol. The number of aromatic nitrogens is 2. The fourth-order valence-corrected chi connectivity index (χ4v) is 13.0. The van der Waals surface area contributed by atoms with Gasteiger partial charge in [-0.05, 0) is 59.0 Å². The Kier molecular flexibility index (Phi) is 6.99. The SMILES string of the molecule is CC(C)[Si](Oc1ccc2[nH]c3c4ncccc4c4c(c3c2c1)C(O[Si](C)(C)C(C)(C)C)NC4=O)(C(C)C)C(C)C. The number of carbonyl (C=O) groups is 1. The van der Waals surface area contributed by atoms with Crippen molar-refractivity contribution in [2.75, 3.05) is 0 Å². The third kappa shape index (κ3) is 4.30. The van der Waals surface area contributed by atoms with Crippen molar-refractivity contribution in [1.82, 2.24) is 15.3 Å². The number of rotatable bonds is 7. The van der Waals surface area contributed by atoms with Gasteiger partial charge in [-0.2, -0.15) is 0 Å². The molecule has 40 heavy (non-hydrogen) atoms. The second-order valence-corrected chi connectivity index (χ2v) is 24.1. The molecule has 1 aliphatic rings. The van der Waals surface area contributed by atoms with Gasteiger partial charge in [0.05, 0.1) is 16.6 Å². The van der Waals surface area contributed by atoms with Crippen LogP contribution in [0.4, 0.5) is 0 Å². The molecule has 2 aromatic carbocycles. The predicted molar refractivity (Wildman–Crippen MR) is 171 cm³/mol. The van der Waals surface area contributed by atoms with Crippen LogP contribution in [0.2, 0.25) is 34.8 Å². The van der Waals surface area contributed by atoms with Crippen molar-refractivity contribution in [2.45, 2.75) is 103 Å². The number of amides is 1. The van der Waals surface area contributed by atoms with Crippen molar-refractivity contribution in [2.24, 2.45) is 0 Å². The summed E-state index contributed by atoms with van der Waals surface area (Å²) in [4.78, 5) is 22.0. The molecule has 0 radical (unpaired) electrons. The topological polar surface area (TPSA) is 76.2 Å². The highest BCUT2D eigenvalue weighted by molar-refractivity contribution is 6.78. The van der Waals surface area contributed by atoms with Gasteiger partial charge in [0.15, 0.2) is 8.32 Å². The number of benzene rings is 2. The minimum atomic E-state index is -2.21. The lowest BCUT2D eigenvalue weighted by atomic mass is 9.97. The summed E-state index contributed by atoms with van der Waals surface area (Å²) in [6.07, 6.45) is 1.27. The molecule has 0 saturated heterocycles. The number of carbonyl (C=O) groups excluding carboxylic acids is 1. The minimum Gasteiger partial charge on any atom is -0.543 e. The second-order valence-electron chi connectivity index (χ2n) is 13.9. The van der Waals surface area contributed by atoms with E-state index in [-0.39, 0.29) is 10.9 Å². The van der Waals surface area contributed by atoms with Gasteiger partial charge in [0.2, 0.25) is 0 Å². The number of pyridine rings is 1. The minimum absolute atomic E-state index is 0.00226. The number of aromatic amines is 1. The number of nitrogens with one attached hydrogen (secondary N) is 2. The van der Waals surface area contributed by atoms with Crippen LogP contribution >= 0.6 is 0 Å². The number of hydrogen-bond acceptors (Lipinski definition) is 4. The predicted octanol–water partition coefficient (Wildman–Crippen LogP) is 9.19. The van der Waals surface area contributed by atoms with Gasteiger partial charge in [-0.1, -0.05) is 68.4 Å². The van der Waals surface area contributed by atoms with Crippen LogP contribution in [0.5, 0.6) is 5.75 Å². The quantitative estimate of drug-likeness (QED) is 0.215. The van der Waals surface area contributed by atoms with Gasteiger partial charge in [-0.3, -0.25) is 9.78 Å². The van der Waals surface area contributed by atoms with Crippen LogP contribution in [-0.4, -0.2) is 32.5 Å². The van der Waals surface area contributed by atoms with Crippen LogP contribution in [0.25, 0.3) is 32.7 Å². The van der Waals surface area contributed by atoms with Gasteiger partial charge in [-0.25, -0.2) is 0 Å². The van der Waals surface area contributed by atoms with Crippen molar-refractivity contribution < 1.29 is 13.6 Å². The molecule has 1 atom stereocenters. The van der Waals surface area contributed by atoms with E-state index in [2.05, 4.69) is 104 Å². The first-order valence-electron chi connectivity index (χ1n) is 14.6. The maximum Gasteiger partial charge on any atom is 0.258 e. The molecule has 5 rings (SSSR count). The molecule has 4 aromatic rings. The van der Waals surface area contributed by atoms with Gasteiger partial charge in [0, 0.05) is 33.4 Å². The lowest BCUT2D eigenvalue weighted by Crippen LogP contribution is -2.50. The Bertz CT molecular complexity index is 1590. The maximum atomic E-state index is 13.6. The fourth-order valence-electron chi connectivity index (χ4n) is 6.66. The Labute approximate surface area is 240 Å². The number of nitrogens with zero attached hydrogens (tertiary/aromatic N) is 1. The van der Waals surface area contributed by atoms with Crippen molar-refractivity contribution in [3.05, 3.63) is 47.7 Å². The van der Waals surface area contributed by atoms with Gasteiger partial charge >= 0.3 is 0 Å². The molecule has 8 heteroatoms. The number of fused-ring (bicyclic) bond motifs is 8. The molecule has 0 aliphatic carbocycles. The van der Waals surface area contributed by atoms with Gasteiger partial charge < -0.3 is 19.2 Å². The second kappa shape index (κ2) is 9.70. The molecule has 0 saturated carbocycles. The first-order valence-corrected chi connectivity index (χ1v) is 19.7. The average Bonchev–Trinajstić information content (AvgIpc) is 3.38. The van der Waals surface area contributed by atoms with Crippen LogP contribution in [-0.2, 0) is 4.43 Å². The molecule has 1 aliphatic heterocycles. The van der Waals surface area contributed by atoms with E-state index in [4.69, 9.17) is 13.8 Å². The summed E-state index contributed by atoms with van der Waals surface area (Å²) in [6, 6.07) is 10.3. The Balaban J connectivity index is 1.79. The molecular weight excluding hydrogens is 531 g/mol. The lowest BCUT2D eigenvalue weighted by Gasteiger charge is -2.42. The molecule has 1 amide bonds. The van der Waals surface area contributed by atoms with E-state index in [1.807, 2.05) is 12.1 Å². The molecule has 0 spiro atoms. The van der Waals surface area contributed by atoms with Crippen LogP contribution in [0.15, 0.2) is 36.5 Å². The maximum absolute atomic E-state index is 13.6. The lowest BCUT2D eigenvalue weighted by molar-refractivity contribution is 0.0866. The molecule has 6 nitrogen and oxygen atoms in total. The highest BCUT2D eigenvalue weighted by Crippen LogP contribution is 2.48. The van der Waals surface area contributed by atoms with Crippen LogP contribution in [0.3, 0.4) is 0 Å². The van der Waals surface area contributed by atoms with Crippen molar-refractivity contribution >= 4 is 55.3 Å². The Hall–Kier alpha value is -2.69. The van der Waals surface area contributed by atoms with E-state index in [9.17, 15) is 4.79 Å². The fraction of sp³-hybridized carbons (Fsp3) is 0.500. The first kappa shape index (κ1) is 28.8. The van der Waals surface area contributed by atoms with E-state index in [1.165, 1.54) is 0 Å². The van der Waals surface area contributed by atoms with Crippen LogP contribution in [0, 0.1) is 0 Å². The Morgan fingerprint density at radius 3 is 2.20 bits per heavy atom. The summed E-state index contributed by atoms with van der Waals surface area (Å²) in [6.45, 7) is 25.0.